The van der Waals surface area contributed by atoms with Crippen LogP contribution in [0.4, 0.5) is 16.2 Å². The Balaban J connectivity index is 0.000000150. The van der Waals surface area contributed by atoms with Crippen molar-refractivity contribution in [3.8, 4) is 0 Å². The van der Waals surface area contributed by atoms with Gasteiger partial charge in [0.1, 0.15) is 0 Å². The molecule has 2 saturated heterocycles. The van der Waals surface area contributed by atoms with Gasteiger partial charge in [0.2, 0.25) is 26.1 Å². The Morgan fingerprint density at radius 1 is 0.731 bits per heavy atom. The van der Waals surface area contributed by atoms with Gasteiger partial charge in [-0.3, -0.25) is 0 Å². The molecule has 0 spiro atoms. The topological polar surface area (TPSA) is 171 Å². The summed E-state index contributed by atoms with van der Waals surface area (Å²) < 4.78 is 48.0. The third-order valence-corrected chi connectivity index (χ3v) is 13.8. The van der Waals surface area contributed by atoms with Gasteiger partial charge < -0.3 is 15.1 Å². The van der Waals surface area contributed by atoms with Crippen molar-refractivity contribution in [2.75, 3.05) is 56.1 Å². The largest absolute Gasteiger partial charge is 0.332 e. The number of rotatable bonds is 9. The molecule has 2 amide bonds. The Kier molecular flexibility index (Phi) is 12.2. The lowest BCUT2D eigenvalue weighted by Crippen LogP contribution is -2.51. The van der Waals surface area contributed by atoms with E-state index in [1.807, 2.05) is 0 Å². The normalized spacial score (nSPS) is 19.4. The van der Waals surface area contributed by atoms with Crippen LogP contribution in [0.15, 0.2) is 17.1 Å². The standard InChI is InChI=1S/C19H27N3O3S.C13H13NO.C6H14N2O2S/c1-2-22-10-13(11-22)12-26(24,25)21-19(23)20-18-16-7-3-5-14(16)9-15-6-4-8-17(15)18;15-8-14-13-11-5-1-3-9(11)7-10-4-2-6-12(10)13;1-2-8-3-6(4-8)5-11(7,9)10/h9,13H,2-8,10-12H2,1H3,(H2,20,21,23);7H,1-6H2;6H,2-5H2,1H3,(H2,7,9,10). The van der Waals surface area contributed by atoms with Gasteiger partial charge >= 0.3 is 6.03 Å². The van der Waals surface area contributed by atoms with E-state index in [-0.39, 0.29) is 23.3 Å². The number of nitrogens with two attached hydrogens (primary N) is 1. The van der Waals surface area contributed by atoms with Crippen LogP contribution in [0.5, 0.6) is 0 Å². The van der Waals surface area contributed by atoms with E-state index in [9.17, 15) is 26.4 Å². The number of carbonyl (C=O) groups is 1. The molecule has 6 aliphatic rings. The highest BCUT2D eigenvalue weighted by Gasteiger charge is 2.32. The second kappa shape index (κ2) is 16.5. The number of benzene rings is 2. The molecule has 12 nitrogen and oxygen atoms in total. The summed E-state index contributed by atoms with van der Waals surface area (Å²) in [6, 6.07) is 4.01. The van der Waals surface area contributed by atoms with Gasteiger partial charge in [-0.25, -0.2) is 36.3 Å². The number of primary sulfonamides is 1. The van der Waals surface area contributed by atoms with Gasteiger partial charge in [-0.05, 0) is 141 Å². The molecule has 2 aliphatic heterocycles. The summed E-state index contributed by atoms with van der Waals surface area (Å²) in [6.07, 6.45) is 14.8. The van der Waals surface area contributed by atoms with Crippen LogP contribution in [-0.4, -0.2) is 89.5 Å². The van der Waals surface area contributed by atoms with E-state index in [2.05, 4.69) is 50.8 Å². The Bertz CT molecular complexity index is 1870. The number of fused-ring (bicyclic) bond motifs is 4. The molecule has 4 N–H and O–H groups in total. The van der Waals surface area contributed by atoms with Crippen molar-refractivity contribution in [3.05, 3.63) is 56.6 Å². The van der Waals surface area contributed by atoms with E-state index in [0.717, 1.165) is 115 Å². The van der Waals surface area contributed by atoms with E-state index in [1.165, 1.54) is 57.3 Å². The lowest BCUT2D eigenvalue weighted by molar-refractivity contribution is 0.122. The number of anilines is 1. The molecule has 2 heterocycles. The van der Waals surface area contributed by atoms with Crippen LogP contribution in [0.25, 0.3) is 0 Å². The Labute approximate surface area is 309 Å². The van der Waals surface area contributed by atoms with Crippen molar-refractivity contribution in [3.63, 3.8) is 0 Å². The van der Waals surface area contributed by atoms with Crippen LogP contribution in [0.2, 0.25) is 0 Å². The van der Waals surface area contributed by atoms with E-state index in [0.29, 0.717) is 0 Å². The first-order chi connectivity index (χ1) is 24.9. The van der Waals surface area contributed by atoms with E-state index < -0.39 is 26.1 Å². The van der Waals surface area contributed by atoms with Gasteiger partial charge in [-0.15, -0.1) is 0 Å². The smallest absolute Gasteiger partial charge is 0.307 e. The zero-order chi connectivity index (χ0) is 37.0. The van der Waals surface area contributed by atoms with Gasteiger partial charge in [0.05, 0.1) is 17.2 Å². The number of hydrogen-bond acceptors (Lipinski definition) is 9. The third-order valence-electron chi connectivity index (χ3n) is 11.4. The predicted octanol–water partition coefficient (Wildman–Crippen LogP) is 3.92. The van der Waals surface area contributed by atoms with Crippen molar-refractivity contribution in [1.29, 1.82) is 0 Å². The quantitative estimate of drug-likeness (QED) is 0.256. The number of aryl methyl sites for hydroxylation is 4. The molecule has 2 aromatic carbocycles. The SMILES string of the molecule is CCN1CC(CS(=O)(=O)NC(=O)Nc2c3c(cc4c2CCC4)CCC3)C1.CCN1CC(CS(N)(=O)=O)C1.O=C=Nc1c2c(cc3c1CCC3)CCC2. The molecule has 0 atom stereocenters. The summed E-state index contributed by atoms with van der Waals surface area (Å²) >= 11 is 0. The summed E-state index contributed by atoms with van der Waals surface area (Å²) in [4.78, 5) is 31.2. The van der Waals surface area contributed by atoms with Crippen LogP contribution in [0.1, 0.15) is 84.0 Å². The maximum atomic E-state index is 12.4. The van der Waals surface area contributed by atoms with Gasteiger partial charge in [-0.1, -0.05) is 26.0 Å². The summed E-state index contributed by atoms with van der Waals surface area (Å²) in [5.74, 6) is 0.543. The van der Waals surface area contributed by atoms with Crippen LogP contribution in [0.3, 0.4) is 0 Å². The number of hydrogen-bond donors (Lipinski definition) is 3. The van der Waals surface area contributed by atoms with Gasteiger partial charge in [0, 0.05) is 37.8 Å². The fourth-order valence-electron chi connectivity index (χ4n) is 8.98. The molecule has 52 heavy (non-hydrogen) atoms. The molecule has 2 fully saturated rings. The van der Waals surface area contributed by atoms with Crippen LogP contribution < -0.4 is 15.2 Å². The average molecular weight is 755 g/mol. The van der Waals surface area contributed by atoms with Gasteiger partial charge in [-0.2, -0.15) is 4.99 Å². The summed E-state index contributed by atoms with van der Waals surface area (Å²) in [7, 11) is -6.85. The zero-order valence-electron chi connectivity index (χ0n) is 30.6. The number of amides is 2. The van der Waals surface area contributed by atoms with E-state index >= 15 is 0 Å². The number of nitrogens with one attached hydrogen (secondary N) is 2. The predicted molar refractivity (Wildman–Crippen MR) is 204 cm³/mol. The fourth-order valence-corrected chi connectivity index (χ4v) is 11.1. The molecule has 284 valence electrons. The number of carbonyl (C=O) groups excluding carboxylic acids is 2. The van der Waals surface area contributed by atoms with Crippen molar-refractivity contribution in [1.82, 2.24) is 14.5 Å². The maximum Gasteiger partial charge on any atom is 0.332 e. The fraction of sp³-hybridized carbons (Fsp3) is 0.632. The highest BCUT2D eigenvalue weighted by molar-refractivity contribution is 7.90. The Hall–Kier alpha value is -3.13. The number of aliphatic imine (C=N–C) groups is 1. The molecule has 0 radical (unpaired) electrons. The summed E-state index contributed by atoms with van der Waals surface area (Å²) in [5.41, 5.74) is 12.4. The second-order valence-corrected chi connectivity index (χ2v) is 18.7. The molecule has 4 aliphatic carbocycles. The van der Waals surface area contributed by atoms with Crippen LogP contribution >= 0.6 is 0 Å². The van der Waals surface area contributed by atoms with Crippen molar-refractivity contribution in [2.45, 2.75) is 90.9 Å². The maximum absolute atomic E-state index is 12.4. The minimum atomic E-state index is -3.61. The molecule has 0 aromatic heterocycles. The minimum Gasteiger partial charge on any atom is -0.307 e. The number of urea groups is 1. The van der Waals surface area contributed by atoms with Crippen LogP contribution in [-0.2, 0) is 76.2 Å². The van der Waals surface area contributed by atoms with Crippen molar-refractivity contribution < 1.29 is 26.4 Å². The third kappa shape index (κ3) is 9.32. The molecule has 2 aromatic rings. The first kappa shape index (κ1) is 38.6. The average Bonchev–Trinajstić information content (AvgIpc) is 3.87. The Morgan fingerprint density at radius 2 is 1.15 bits per heavy atom. The molecule has 0 saturated carbocycles. The van der Waals surface area contributed by atoms with E-state index in [4.69, 9.17) is 5.14 Å². The molecule has 14 heteroatoms. The molecular weight excluding hydrogens is 701 g/mol. The van der Waals surface area contributed by atoms with Crippen molar-refractivity contribution >= 4 is 43.5 Å². The molecule has 0 unspecified atom stereocenters. The first-order valence-corrected chi connectivity index (χ1v) is 22.4. The molecule has 8 rings (SSSR count). The number of likely N-dealkylation sites (tertiary alicyclic amines) is 2. The number of nitrogens with zero attached hydrogens (tertiary/aromatic N) is 3. The highest BCUT2D eigenvalue weighted by Crippen LogP contribution is 2.40. The summed E-state index contributed by atoms with van der Waals surface area (Å²) in [5, 5.41) is 7.77. The zero-order valence-corrected chi connectivity index (χ0v) is 32.3. The highest BCUT2D eigenvalue weighted by atomic mass is 32.2. The van der Waals surface area contributed by atoms with Gasteiger partial charge in [0.15, 0.2) is 0 Å². The monoisotopic (exact) mass is 754 g/mol. The molecule has 0 bridgehead atoms. The lowest BCUT2D eigenvalue weighted by atomic mass is 9.99. The molecular formula is C38H54N6O6S2. The Morgan fingerprint density at radius 3 is 1.58 bits per heavy atom. The lowest BCUT2D eigenvalue weighted by Gasteiger charge is -2.38. The van der Waals surface area contributed by atoms with E-state index in [1.54, 1.807) is 6.08 Å². The minimum absolute atomic E-state index is 0.0158. The first-order valence-electron chi connectivity index (χ1n) is 19.0. The van der Waals surface area contributed by atoms with Crippen LogP contribution in [0, 0.1) is 11.8 Å². The number of sulfonamides is 2. The second-order valence-electron chi connectivity index (χ2n) is 15.2. The summed E-state index contributed by atoms with van der Waals surface area (Å²) in [6.45, 7) is 9.41. The van der Waals surface area contributed by atoms with Gasteiger partial charge in [0.25, 0.3) is 0 Å². The number of isocyanates is 1. The van der Waals surface area contributed by atoms with Crippen molar-refractivity contribution in [2.24, 2.45) is 22.0 Å².